The van der Waals surface area contributed by atoms with E-state index in [0.29, 0.717) is 4.47 Å². The minimum absolute atomic E-state index is 0.0585. The van der Waals surface area contributed by atoms with E-state index in [1.54, 1.807) is 0 Å². The highest BCUT2D eigenvalue weighted by atomic mass is 79.9. The average molecular weight is 326 g/mol. The summed E-state index contributed by atoms with van der Waals surface area (Å²) in [6.45, 7) is 0. The van der Waals surface area contributed by atoms with Gasteiger partial charge in [0.1, 0.15) is 17.3 Å². The number of carbonyl (C=O) groups is 1. The SMILES string of the molecule is Nc1cc(C(=O)O)ccc1Oc1cc(F)ccc1Br. The number of benzene rings is 2. The third-order valence-corrected chi connectivity index (χ3v) is 3.03. The summed E-state index contributed by atoms with van der Waals surface area (Å²) in [6, 6.07) is 8.07. The molecular weight excluding hydrogens is 317 g/mol. The molecule has 2 aromatic rings. The number of carboxylic acids is 1. The summed E-state index contributed by atoms with van der Waals surface area (Å²) in [4.78, 5) is 10.8. The van der Waals surface area contributed by atoms with E-state index in [-0.39, 0.29) is 22.7 Å². The van der Waals surface area contributed by atoms with Gasteiger partial charge in [0.15, 0.2) is 0 Å². The lowest BCUT2D eigenvalue weighted by Crippen LogP contribution is -1.99. The normalized spacial score (nSPS) is 10.2. The van der Waals surface area contributed by atoms with E-state index in [0.717, 1.165) is 0 Å². The van der Waals surface area contributed by atoms with Crippen LogP contribution in [0, 0.1) is 5.82 Å². The Hall–Kier alpha value is -2.08. The summed E-state index contributed by atoms with van der Waals surface area (Å²) in [6.07, 6.45) is 0. The molecular formula is C13H9BrFNO3. The van der Waals surface area contributed by atoms with Crippen LogP contribution in [0.4, 0.5) is 10.1 Å². The van der Waals surface area contributed by atoms with Crippen molar-refractivity contribution in [3.05, 3.63) is 52.3 Å². The second-order valence-electron chi connectivity index (χ2n) is 3.73. The van der Waals surface area contributed by atoms with Crippen LogP contribution in [0.5, 0.6) is 11.5 Å². The Balaban J connectivity index is 2.33. The molecule has 2 rings (SSSR count). The first-order valence-electron chi connectivity index (χ1n) is 5.23. The maximum Gasteiger partial charge on any atom is 0.335 e. The molecule has 3 N–H and O–H groups in total. The van der Waals surface area contributed by atoms with Gasteiger partial charge in [-0.15, -0.1) is 0 Å². The highest BCUT2D eigenvalue weighted by Crippen LogP contribution is 2.33. The number of hydrogen-bond donors (Lipinski definition) is 2. The van der Waals surface area contributed by atoms with Crippen molar-refractivity contribution >= 4 is 27.6 Å². The van der Waals surface area contributed by atoms with E-state index >= 15 is 0 Å². The third kappa shape index (κ3) is 3.03. The summed E-state index contributed by atoms with van der Waals surface area (Å²) >= 11 is 3.22. The molecule has 98 valence electrons. The number of ether oxygens (including phenoxy) is 1. The quantitative estimate of drug-likeness (QED) is 0.844. The number of halogens is 2. The van der Waals surface area contributed by atoms with Crippen LogP contribution in [-0.2, 0) is 0 Å². The molecule has 0 saturated heterocycles. The predicted octanol–water partition coefficient (Wildman–Crippen LogP) is 3.66. The summed E-state index contributed by atoms with van der Waals surface area (Å²) in [7, 11) is 0. The van der Waals surface area contributed by atoms with Gasteiger partial charge in [-0.3, -0.25) is 0 Å². The zero-order chi connectivity index (χ0) is 14.0. The zero-order valence-corrected chi connectivity index (χ0v) is 11.1. The molecule has 0 heterocycles. The molecule has 0 amide bonds. The van der Waals surface area contributed by atoms with Gasteiger partial charge in [0.05, 0.1) is 15.7 Å². The van der Waals surface area contributed by atoms with Crippen molar-refractivity contribution in [2.45, 2.75) is 0 Å². The van der Waals surface area contributed by atoms with Crippen molar-refractivity contribution < 1.29 is 19.0 Å². The van der Waals surface area contributed by atoms with Crippen molar-refractivity contribution in [2.75, 3.05) is 5.73 Å². The molecule has 0 saturated carbocycles. The van der Waals surface area contributed by atoms with Gasteiger partial charge in [-0.25, -0.2) is 9.18 Å². The van der Waals surface area contributed by atoms with Gasteiger partial charge in [0.2, 0.25) is 0 Å². The molecule has 6 heteroatoms. The van der Waals surface area contributed by atoms with E-state index in [2.05, 4.69) is 15.9 Å². The van der Waals surface area contributed by atoms with E-state index < -0.39 is 11.8 Å². The van der Waals surface area contributed by atoms with Crippen LogP contribution in [0.2, 0.25) is 0 Å². The first-order valence-corrected chi connectivity index (χ1v) is 6.02. The fourth-order valence-electron chi connectivity index (χ4n) is 1.45. The Morgan fingerprint density at radius 2 is 1.95 bits per heavy atom. The van der Waals surface area contributed by atoms with Crippen molar-refractivity contribution in [3.8, 4) is 11.5 Å². The van der Waals surface area contributed by atoms with Crippen molar-refractivity contribution in [2.24, 2.45) is 0 Å². The molecule has 0 atom stereocenters. The van der Waals surface area contributed by atoms with Gasteiger partial charge < -0.3 is 15.6 Å². The lowest BCUT2D eigenvalue weighted by Gasteiger charge is -2.10. The highest BCUT2D eigenvalue weighted by Gasteiger charge is 2.10. The van der Waals surface area contributed by atoms with Crippen LogP contribution < -0.4 is 10.5 Å². The second-order valence-corrected chi connectivity index (χ2v) is 4.59. The molecule has 0 aromatic heterocycles. The van der Waals surface area contributed by atoms with E-state index in [4.69, 9.17) is 15.6 Å². The van der Waals surface area contributed by atoms with Crippen molar-refractivity contribution in [1.29, 1.82) is 0 Å². The summed E-state index contributed by atoms with van der Waals surface area (Å²) in [5.41, 5.74) is 5.92. The highest BCUT2D eigenvalue weighted by molar-refractivity contribution is 9.10. The van der Waals surface area contributed by atoms with E-state index in [1.165, 1.54) is 36.4 Å². The summed E-state index contributed by atoms with van der Waals surface area (Å²) in [5, 5.41) is 8.82. The molecule has 0 unspecified atom stereocenters. The van der Waals surface area contributed by atoms with Crippen LogP contribution in [-0.4, -0.2) is 11.1 Å². The second kappa shape index (κ2) is 5.27. The molecule has 19 heavy (non-hydrogen) atoms. The van der Waals surface area contributed by atoms with Crippen molar-refractivity contribution in [3.63, 3.8) is 0 Å². The Kier molecular flexibility index (Phi) is 3.71. The third-order valence-electron chi connectivity index (χ3n) is 2.37. The van der Waals surface area contributed by atoms with Crippen LogP contribution in [0.1, 0.15) is 10.4 Å². The number of aromatic carboxylic acids is 1. The Morgan fingerprint density at radius 3 is 2.58 bits per heavy atom. The van der Waals surface area contributed by atoms with Gasteiger partial charge in [0.25, 0.3) is 0 Å². The Labute approximate surface area is 116 Å². The predicted molar refractivity (Wildman–Crippen MR) is 72.0 cm³/mol. The largest absolute Gasteiger partial charge is 0.478 e. The van der Waals surface area contributed by atoms with Crippen LogP contribution >= 0.6 is 15.9 Å². The smallest absolute Gasteiger partial charge is 0.335 e. The molecule has 2 aromatic carbocycles. The number of carboxylic acid groups (broad SMARTS) is 1. The first kappa shape index (κ1) is 13.4. The molecule has 0 aliphatic carbocycles. The molecule has 0 aliphatic heterocycles. The zero-order valence-electron chi connectivity index (χ0n) is 9.56. The molecule has 0 fully saturated rings. The lowest BCUT2D eigenvalue weighted by molar-refractivity contribution is 0.0697. The fourth-order valence-corrected chi connectivity index (χ4v) is 1.78. The molecule has 4 nitrogen and oxygen atoms in total. The lowest BCUT2D eigenvalue weighted by atomic mass is 10.2. The first-order chi connectivity index (χ1) is 8.97. The van der Waals surface area contributed by atoms with Crippen LogP contribution in [0.25, 0.3) is 0 Å². The van der Waals surface area contributed by atoms with Crippen molar-refractivity contribution in [1.82, 2.24) is 0 Å². The standard InChI is InChI=1S/C13H9BrFNO3/c14-9-3-2-8(15)6-12(9)19-11-4-1-7(13(17)18)5-10(11)16/h1-6H,16H2,(H,17,18). The minimum Gasteiger partial charge on any atom is -0.478 e. The number of nitrogens with two attached hydrogens (primary N) is 1. The fraction of sp³-hybridized carbons (Fsp3) is 0. The Morgan fingerprint density at radius 1 is 1.21 bits per heavy atom. The average Bonchev–Trinajstić information content (AvgIpc) is 2.36. The monoisotopic (exact) mass is 325 g/mol. The molecule has 0 bridgehead atoms. The van der Waals surface area contributed by atoms with Crippen LogP contribution in [0.15, 0.2) is 40.9 Å². The van der Waals surface area contributed by atoms with E-state index in [1.807, 2.05) is 0 Å². The number of hydrogen-bond acceptors (Lipinski definition) is 3. The van der Waals surface area contributed by atoms with Gasteiger partial charge in [-0.05, 0) is 46.3 Å². The van der Waals surface area contributed by atoms with E-state index in [9.17, 15) is 9.18 Å². The molecule has 0 spiro atoms. The minimum atomic E-state index is -1.08. The van der Waals surface area contributed by atoms with Gasteiger partial charge in [-0.1, -0.05) is 0 Å². The number of rotatable bonds is 3. The van der Waals surface area contributed by atoms with Crippen LogP contribution in [0.3, 0.4) is 0 Å². The summed E-state index contributed by atoms with van der Waals surface area (Å²) < 4.78 is 19.1. The Bertz CT molecular complexity index is 646. The molecule has 0 aliphatic rings. The van der Waals surface area contributed by atoms with Gasteiger partial charge >= 0.3 is 5.97 Å². The summed E-state index contributed by atoms with van der Waals surface area (Å²) in [5.74, 6) is -1.00. The van der Waals surface area contributed by atoms with Gasteiger partial charge in [-0.2, -0.15) is 0 Å². The molecule has 0 radical (unpaired) electrons. The number of anilines is 1. The van der Waals surface area contributed by atoms with Gasteiger partial charge in [0, 0.05) is 6.07 Å². The number of nitrogen functional groups attached to an aromatic ring is 1. The maximum atomic E-state index is 13.1. The maximum absolute atomic E-state index is 13.1. The topological polar surface area (TPSA) is 72.6 Å².